The first-order chi connectivity index (χ1) is 10.7. The van der Waals surface area contributed by atoms with Crippen molar-refractivity contribution in [3.05, 3.63) is 46.7 Å². The first kappa shape index (κ1) is 16.4. The van der Waals surface area contributed by atoms with Crippen molar-refractivity contribution in [1.29, 1.82) is 0 Å². The molecule has 116 valence electrons. The number of rotatable bonds is 7. The average molecular weight is 363 g/mol. The fourth-order valence-electron chi connectivity index (χ4n) is 1.91. The topological polar surface area (TPSA) is 66.9 Å². The van der Waals surface area contributed by atoms with E-state index in [1.165, 1.54) is 0 Å². The number of carbonyl (C=O) groups excluding carboxylic acids is 1. The number of amides is 1. The molecule has 1 amide bonds. The van der Waals surface area contributed by atoms with Crippen molar-refractivity contribution in [3.63, 3.8) is 0 Å². The molecule has 0 aliphatic heterocycles. The highest BCUT2D eigenvalue weighted by atomic mass is 79.9. The van der Waals surface area contributed by atoms with Crippen molar-refractivity contribution in [3.8, 4) is 0 Å². The molecule has 0 bridgehead atoms. The monoisotopic (exact) mass is 362 g/mol. The van der Waals surface area contributed by atoms with Crippen LogP contribution in [0.5, 0.6) is 0 Å². The lowest BCUT2D eigenvalue weighted by molar-refractivity contribution is 0.102. The van der Waals surface area contributed by atoms with Gasteiger partial charge in [0.1, 0.15) is 5.69 Å². The molecule has 1 aromatic carbocycles. The van der Waals surface area contributed by atoms with E-state index in [1.54, 1.807) is 12.3 Å². The predicted octanol–water partition coefficient (Wildman–Crippen LogP) is 4.09. The predicted molar refractivity (Wildman–Crippen MR) is 92.1 cm³/mol. The maximum atomic E-state index is 12.2. The Morgan fingerprint density at radius 3 is 2.91 bits per heavy atom. The number of benzene rings is 1. The van der Waals surface area contributed by atoms with Crippen LogP contribution in [0.1, 0.15) is 36.7 Å². The van der Waals surface area contributed by atoms with Gasteiger partial charge in [0.15, 0.2) is 0 Å². The van der Waals surface area contributed by atoms with Gasteiger partial charge in [-0.05, 0) is 30.7 Å². The van der Waals surface area contributed by atoms with Gasteiger partial charge in [-0.25, -0.2) is 9.97 Å². The largest absolute Gasteiger partial charge is 0.354 e. The number of carbonyl (C=O) groups is 1. The van der Waals surface area contributed by atoms with Crippen molar-refractivity contribution in [2.24, 2.45) is 0 Å². The van der Waals surface area contributed by atoms with Gasteiger partial charge in [0.05, 0.1) is 0 Å². The van der Waals surface area contributed by atoms with Crippen LogP contribution in [0.3, 0.4) is 0 Å². The van der Waals surface area contributed by atoms with E-state index in [0.29, 0.717) is 11.6 Å². The molecule has 0 saturated heterocycles. The highest BCUT2D eigenvalue weighted by molar-refractivity contribution is 9.10. The van der Waals surface area contributed by atoms with Gasteiger partial charge in [-0.2, -0.15) is 0 Å². The third-order valence-corrected chi connectivity index (χ3v) is 3.53. The zero-order chi connectivity index (χ0) is 15.8. The lowest BCUT2D eigenvalue weighted by Gasteiger charge is -2.07. The van der Waals surface area contributed by atoms with Crippen LogP contribution in [0, 0.1) is 0 Å². The molecule has 2 aromatic rings. The second-order valence-corrected chi connectivity index (χ2v) is 5.78. The Balaban J connectivity index is 1.97. The van der Waals surface area contributed by atoms with Crippen LogP contribution in [0.25, 0.3) is 0 Å². The van der Waals surface area contributed by atoms with E-state index in [-0.39, 0.29) is 5.91 Å². The standard InChI is InChI=1S/C16H19BrN4O/c1-2-3-4-9-18-16-19-10-8-14(21-16)15(22)20-13-7-5-6-12(17)11-13/h5-8,10-11H,2-4,9H2,1H3,(H,20,22)(H,18,19,21). The van der Waals surface area contributed by atoms with E-state index >= 15 is 0 Å². The van der Waals surface area contributed by atoms with Gasteiger partial charge in [-0.15, -0.1) is 0 Å². The summed E-state index contributed by atoms with van der Waals surface area (Å²) < 4.78 is 0.909. The number of unbranched alkanes of at least 4 members (excludes halogenated alkanes) is 2. The molecule has 0 saturated carbocycles. The summed E-state index contributed by atoms with van der Waals surface area (Å²) in [7, 11) is 0. The van der Waals surface area contributed by atoms with E-state index in [0.717, 1.165) is 36.0 Å². The maximum Gasteiger partial charge on any atom is 0.274 e. The summed E-state index contributed by atoms with van der Waals surface area (Å²) in [5.41, 5.74) is 1.06. The quantitative estimate of drug-likeness (QED) is 0.727. The maximum absolute atomic E-state index is 12.2. The summed E-state index contributed by atoms with van der Waals surface area (Å²) >= 11 is 3.37. The smallest absolute Gasteiger partial charge is 0.274 e. The molecule has 0 fully saturated rings. The summed E-state index contributed by atoms with van der Waals surface area (Å²) in [5, 5.41) is 5.95. The fraction of sp³-hybridized carbons (Fsp3) is 0.312. The lowest BCUT2D eigenvalue weighted by Crippen LogP contribution is -2.15. The molecule has 0 atom stereocenters. The van der Waals surface area contributed by atoms with Gasteiger partial charge < -0.3 is 10.6 Å². The molecule has 22 heavy (non-hydrogen) atoms. The second-order valence-electron chi connectivity index (χ2n) is 4.86. The number of aromatic nitrogens is 2. The highest BCUT2D eigenvalue weighted by Crippen LogP contribution is 2.16. The van der Waals surface area contributed by atoms with Crippen LogP contribution < -0.4 is 10.6 Å². The summed E-state index contributed by atoms with van der Waals surface area (Å²) in [6, 6.07) is 9.03. The molecular weight excluding hydrogens is 344 g/mol. The minimum Gasteiger partial charge on any atom is -0.354 e. The highest BCUT2D eigenvalue weighted by Gasteiger charge is 2.09. The zero-order valence-corrected chi connectivity index (χ0v) is 14.1. The molecule has 0 aliphatic carbocycles. The Morgan fingerprint density at radius 2 is 2.14 bits per heavy atom. The average Bonchev–Trinajstić information content (AvgIpc) is 2.52. The van der Waals surface area contributed by atoms with Gasteiger partial charge in [0, 0.05) is 22.9 Å². The SMILES string of the molecule is CCCCCNc1nccc(C(=O)Nc2cccc(Br)c2)n1. The van der Waals surface area contributed by atoms with Crippen molar-refractivity contribution < 1.29 is 4.79 Å². The molecule has 2 rings (SSSR count). The summed E-state index contributed by atoms with van der Waals surface area (Å²) in [5.74, 6) is 0.232. The lowest BCUT2D eigenvalue weighted by atomic mass is 10.2. The van der Waals surface area contributed by atoms with Crippen LogP contribution in [0.2, 0.25) is 0 Å². The fourth-order valence-corrected chi connectivity index (χ4v) is 2.31. The van der Waals surface area contributed by atoms with E-state index in [2.05, 4.69) is 43.5 Å². The zero-order valence-electron chi connectivity index (χ0n) is 12.5. The van der Waals surface area contributed by atoms with Crippen LogP contribution in [-0.2, 0) is 0 Å². The number of nitrogens with zero attached hydrogens (tertiary/aromatic N) is 2. The molecule has 0 radical (unpaired) electrons. The van der Waals surface area contributed by atoms with E-state index in [4.69, 9.17) is 0 Å². The Bertz CT molecular complexity index is 633. The molecule has 2 N–H and O–H groups in total. The van der Waals surface area contributed by atoms with Crippen molar-refractivity contribution in [2.75, 3.05) is 17.2 Å². The minimum absolute atomic E-state index is 0.253. The molecule has 5 nitrogen and oxygen atoms in total. The van der Waals surface area contributed by atoms with Crippen molar-refractivity contribution in [2.45, 2.75) is 26.2 Å². The molecule has 1 aromatic heterocycles. The summed E-state index contributed by atoms with van der Waals surface area (Å²) in [6.45, 7) is 2.97. The molecule has 1 heterocycles. The number of hydrogen-bond donors (Lipinski definition) is 2. The Morgan fingerprint density at radius 1 is 1.27 bits per heavy atom. The molecule has 0 aliphatic rings. The van der Waals surface area contributed by atoms with Gasteiger partial charge in [-0.3, -0.25) is 4.79 Å². The normalized spacial score (nSPS) is 10.3. The number of anilines is 2. The molecule has 0 unspecified atom stereocenters. The Labute approximate surface area is 138 Å². The summed E-state index contributed by atoms with van der Waals surface area (Å²) in [4.78, 5) is 20.6. The third-order valence-electron chi connectivity index (χ3n) is 3.03. The molecule has 0 spiro atoms. The van der Waals surface area contributed by atoms with Gasteiger partial charge in [0.2, 0.25) is 5.95 Å². The van der Waals surface area contributed by atoms with E-state index in [9.17, 15) is 4.79 Å². The van der Waals surface area contributed by atoms with Crippen LogP contribution in [-0.4, -0.2) is 22.4 Å². The Hall–Kier alpha value is -1.95. The van der Waals surface area contributed by atoms with Crippen LogP contribution in [0.4, 0.5) is 11.6 Å². The van der Waals surface area contributed by atoms with E-state index in [1.807, 2.05) is 24.3 Å². The summed E-state index contributed by atoms with van der Waals surface area (Å²) in [6.07, 6.45) is 4.98. The van der Waals surface area contributed by atoms with Crippen molar-refractivity contribution in [1.82, 2.24) is 9.97 Å². The van der Waals surface area contributed by atoms with Gasteiger partial charge in [-0.1, -0.05) is 41.8 Å². The van der Waals surface area contributed by atoms with Crippen LogP contribution >= 0.6 is 15.9 Å². The molecular formula is C16H19BrN4O. The van der Waals surface area contributed by atoms with Crippen LogP contribution in [0.15, 0.2) is 41.0 Å². The van der Waals surface area contributed by atoms with Crippen molar-refractivity contribution >= 4 is 33.5 Å². The minimum atomic E-state index is -0.253. The first-order valence-corrected chi connectivity index (χ1v) is 8.12. The number of hydrogen-bond acceptors (Lipinski definition) is 4. The second kappa shape index (κ2) is 8.48. The number of halogens is 1. The van der Waals surface area contributed by atoms with E-state index < -0.39 is 0 Å². The molecule has 6 heteroatoms. The van der Waals surface area contributed by atoms with Gasteiger partial charge in [0.25, 0.3) is 5.91 Å². The Kier molecular flexibility index (Phi) is 6.33. The first-order valence-electron chi connectivity index (χ1n) is 7.33. The third kappa shape index (κ3) is 5.11. The number of nitrogens with one attached hydrogen (secondary N) is 2. The van der Waals surface area contributed by atoms with Gasteiger partial charge >= 0.3 is 0 Å².